The second-order valence-corrected chi connectivity index (χ2v) is 7.77. The van der Waals surface area contributed by atoms with Crippen molar-refractivity contribution in [3.63, 3.8) is 0 Å². The fraction of sp³-hybridized carbons (Fsp3) is 0.688. The lowest BCUT2D eigenvalue weighted by molar-refractivity contribution is 0.0280. The first-order valence-electron chi connectivity index (χ1n) is 8.05. The van der Waals surface area contributed by atoms with Gasteiger partial charge in [0.05, 0.1) is 0 Å². The van der Waals surface area contributed by atoms with Gasteiger partial charge < -0.3 is 15.0 Å². The van der Waals surface area contributed by atoms with Gasteiger partial charge in [0.25, 0.3) is 0 Å². The van der Waals surface area contributed by atoms with Crippen LogP contribution in [0.1, 0.15) is 33.6 Å². The standard InChI is InChI=1S/C16H23ClN4O2/c1-16(2,3)23-15(22)21-8-10-4-5-12(11(10)9-21)18-14-7-6-13(17)19-20-14/h6-7,10-12H,4-5,8-9H2,1-3H3,(H,18,20). The second-order valence-electron chi connectivity index (χ2n) is 7.38. The van der Waals surface area contributed by atoms with Crippen LogP contribution in [0.4, 0.5) is 10.6 Å². The first-order valence-corrected chi connectivity index (χ1v) is 8.43. The number of halogens is 1. The van der Waals surface area contributed by atoms with Crippen molar-refractivity contribution in [2.24, 2.45) is 11.8 Å². The van der Waals surface area contributed by atoms with Crippen LogP contribution in [0.2, 0.25) is 5.15 Å². The Hall–Kier alpha value is -1.56. The number of carbonyl (C=O) groups excluding carboxylic acids is 1. The van der Waals surface area contributed by atoms with Crippen LogP contribution in [0.3, 0.4) is 0 Å². The van der Waals surface area contributed by atoms with Crippen LogP contribution in [0.25, 0.3) is 0 Å². The highest BCUT2D eigenvalue weighted by Crippen LogP contribution is 2.39. The molecule has 2 fully saturated rings. The average Bonchev–Trinajstić information content (AvgIpc) is 3.01. The predicted molar refractivity (Wildman–Crippen MR) is 88.5 cm³/mol. The molecule has 0 bridgehead atoms. The minimum atomic E-state index is -0.453. The Morgan fingerprint density at radius 3 is 2.74 bits per heavy atom. The van der Waals surface area contributed by atoms with Gasteiger partial charge in [-0.3, -0.25) is 0 Å². The fourth-order valence-corrected chi connectivity index (χ4v) is 3.60. The smallest absolute Gasteiger partial charge is 0.410 e. The SMILES string of the molecule is CC(C)(C)OC(=O)N1CC2CCC(Nc3ccc(Cl)nn3)C2C1. The van der Waals surface area contributed by atoms with E-state index in [-0.39, 0.29) is 6.09 Å². The fourth-order valence-electron chi connectivity index (χ4n) is 3.50. The van der Waals surface area contributed by atoms with Crippen LogP contribution in [0.15, 0.2) is 12.1 Å². The Morgan fingerprint density at radius 1 is 1.30 bits per heavy atom. The summed E-state index contributed by atoms with van der Waals surface area (Å²) in [6.45, 7) is 7.20. The number of likely N-dealkylation sites (tertiary alicyclic amines) is 1. The number of nitrogens with zero attached hydrogens (tertiary/aromatic N) is 3. The van der Waals surface area contributed by atoms with Gasteiger partial charge in [0.1, 0.15) is 11.4 Å². The van der Waals surface area contributed by atoms with Crippen LogP contribution in [0.5, 0.6) is 0 Å². The minimum absolute atomic E-state index is 0.211. The molecule has 6 nitrogen and oxygen atoms in total. The van der Waals surface area contributed by atoms with E-state index in [1.54, 1.807) is 6.07 Å². The van der Waals surface area contributed by atoms with Gasteiger partial charge in [0, 0.05) is 25.0 Å². The largest absolute Gasteiger partial charge is 0.444 e. The number of ether oxygens (including phenoxy) is 1. The third kappa shape index (κ3) is 3.86. The molecule has 3 atom stereocenters. The first-order chi connectivity index (χ1) is 10.8. The summed E-state index contributed by atoms with van der Waals surface area (Å²) >= 11 is 5.76. The topological polar surface area (TPSA) is 67.3 Å². The molecule has 1 N–H and O–H groups in total. The molecule has 23 heavy (non-hydrogen) atoms. The number of aromatic nitrogens is 2. The molecular formula is C16H23ClN4O2. The van der Waals surface area contributed by atoms with E-state index in [1.165, 1.54) is 0 Å². The van der Waals surface area contributed by atoms with Crippen molar-refractivity contribution in [2.75, 3.05) is 18.4 Å². The monoisotopic (exact) mass is 338 g/mol. The number of fused-ring (bicyclic) bond motifs is 1. The molecule has 0 aromatic carbocycles. The van der Waals surface area contributed by atoms with E-state index in [1.807, 2.05) is 31.7 Å². The van der Waals surface area contributed by atoms with Crippen LogP contribution in [0, 0.1) is 11.8 Å². The number of amides is 1. The number of hydrogen-bond donors (Lipinski definition) is 1. The molecule has 2 aliphatic rings. The number of hydrogen-bond acceptors (Lipinski definition) is 5. The lowest BCUT2D eigenvalue weighted by Crippen LogP contribution is -2.37. The molecular weight excluding hydrogens is 316 g/mol. The summed E-state index contributed by atoms with van der Waals surface area (Å²) in [6.07, 6.45) is 1.99. The molecule has 1 amide bonds. The van der Waals surface area contributed by atoms with E-state index in [4.69, 9.17) is 16.3 Å². The highest BCUT2D eigenvalue weighted by molar-refractivity contribution is 6.29. The molecule has 1 aliphatic heterocycles. The van der Waals surface area contributed by atoms with Crippen LogP contribution >= 0.6 is 11.6 Å². The molecule has 1 aromatic heterocycles. The van der Waals surface area contributed by atoms with E-state index >= 15 is 0 Å². The Morgan fingerprint density at radius 2 is 2.09 bits per heavy atom. The molecule has 1 saturated heterocycles. The van der Waals surface area contributed by atoms with Gasteiger partial charge in [-0.25, -0.2) is 4.79 Å². The third-order valence-corrected chi connectivity index (χ3v) is 4.68. The molecule has 3 unspecified atom stereocenters. The quantitative estimate of drug-likeness (QED) is 0.897. The van der Waals surface area contributed by atoms with Crippen molar-refractivity contribution in [1.29, 1.82) is 0 Å². The molecule has 0 spiro atoms. The van der Waals surface area contributed by atoms with E-state index < -0.39 is 5.60 Å². The highest BCUT2D eigenvalue weighted by Gasteiger charge is 2.45. The van der Waals surface area contributed by atoms with Gasteiger partial charge in [0.2, 0.25) is 0 Å². The van der Waals surface area contributed by atoms with Crippen LogP contribution in [-0.4, -0.2) is 45.9 Å². The summed E-state index contributed by atoms with van der Waals surface area (Å²) in [6, 6.07) is 3.87. The highest BCUT2D eigenvalue weighted by atomic mass is 35.5. The normalized spacial score (nSPS) is 27.0. The zero-order valence-electron chi connectivity index (χ0n) is 13.8. The van der Waals surface area contributed by atoms with E-state index in [0.29, 0.717) is 23.0 Å². The predicted octanol–water partition coefficient (Wildman–Crippen LogP) is 3.19. The van der Waals surface area contributed by atoms with Crippen molar-refractivity contribution < 1.29 is 9.53 Å². The second kappa shape index (κ2) is 6.15. The summed E-state index contributed by atoms with van der Waals surface area (Å²) in [5.74, 6) is 1.69. The zero-order valence-corrected chi connectivity index (χ0v) is 14.5. The molecule has 1 saturated carbocycles. The molecule has 2 heterocycles. The van der Waals surface area contributed by atoms with E-state index in [9.17, 15) is 4.79 Å². The van der Waals surface area contributed by atoms with Crippen molar-refractivity contribution >= 4 is 23.5 Å². The van der Waals surface area contributed by atoms with Crippen molar-refractivity contribution in [3.05, 3.63) is 17.3 Å². The van der Waals surface area contributed by atoms with Gasteiger partial charge in [-0.2, -0.15) is 0 Å². The minimum Gasteiger partial charge on any atom is -0.444 e. The number of anilines is 1. The van der Waals surface area contributed by atoms with Crippen molar-refractivity contribution in [3.8, 4) is 0 Å². The van der Waals surface area contributed by atoms with Gasteiger partial charge in [-0.15, -0.1) is 10.2 Å². The maximum absolute atomic E-state index is 12.2. The van der Waals surface area contributed by atoms with Crippen molar-refractivity contribution in [2.45, 2.75) is 45.3 Å². The Bertz CT molecular complexity index is 572. The number of nitrogens with one attached hydrogen (secondary N) is 1. The van der Waals surface area contributed by atoms with E-state index in [2.05, 4.69) is 15.5 Å². The summed E-state index contributed by atoms with van der Waals surface area (Å²) in [4.78, 5) is 14.1. The summed E-state index contributed by atoms with van der Waals surface area (Å²) in [5.41, 5.74) is -0.453. The van der Waals surface area contributed by atoms with Crippen molar-refractivity contribution in [1.82, 2.24) is 15.1 Å². The Labute approximate surface area is 141 Å². The molecule has 1 aliphatic carbocycles. The molecule has 7 heteroatoms. The number of rotatable bonds is 2. The maximum Gasteiger partial charge on any atom is 0.410 e. The Balaban J connectivity index is 1.60. The average molecular weight is 339 g/mol. The van der Waals surface area contributed by atoms with E-state index in [0.717, 1.165) is 31.7 Å². The van der Waals surface area contributed by atoms with Gasteiger partial charge in [-0.05, 0) is 51.7 Å². The zero-order chi connectivity index (χ0) is 16.6. The summed E-state index contributed by atoms with van der Waals surface area (Å²) < 4.78 is 5.48. The van der Waals surface area contributed by atoms with Gasteiger partial charge in [-0.1, -0.05) is 11.6 Å². The first kappa shape index (κ1) is 16.3. The maximum atomic E-state index is 12.2. The third-order valence-electron chi connectivity index (χ3n) is 4.47. The lowest BCUT2D eigenvalue weighted by atomic mass is 9.98. The van der Waals surface area contributed by atoms with Crippen LogP contribution < -0.4 is 5.32 Å². The summed E-state index contributed by atoms with van der Waals surface area (Å²) in [5, 5.41) is 11.7. The molecule has 126 valence electrons. The van der Waals surface area contributed by atoms with Crippen LogP contribution in [-0.2, 0) is 4.74 Å². The Kier molecular flexibility index (Phi) is 4.36. The van der Waals surface area contributed by atoms with Gasteiger partial charge >= 0.3 is 6.09 Å². The molecule has 0 radical (unpaired) electrons. The number of carbonyl (C=O) groups is 1. The van der Waals surface area contributed by atoms with Gasteiger partial charge in [0.15, 0.2) is 5.15 Å². The summed E-state index contributed by atoms with van der Waals surface area (Å²) in [7, 11) is 0. The lowest BCUT2D eigenvalue weighted by Gasteiger charge is -2.26. The molecule has 1 aromatic rings. The molecule has 3 rings (SSSR count).